The van der Waals surface area contributed by atoms with Gasteiger partial charge < -0.3 is 9.47 Å². The summed E-state index contributed by atoms with van der Waals surface area (Å²) in [6, 6.07) is 8.17. The Bertz CT molecular complexity index is 568. The minimum absolute atomic E-state index is 0.128. The van der Waals surface area contributed by atoms with Crippen molar-refractivity contribution in [1.82, 2.24) is 9.47 Å². The Morgan fingerprint density at radius 2 is 1.93 bits per heavy atom. The van der Waals surface area contributed by atoms with Crippen LogP contribution in [0.4, 0.5) is 0 Å². The zero-order valence-corrected chi connectivity index (χ0v) is 8.82. The number of nitrogens with zero attached hydrogens (tertiary/aromatic N) is 2. The molecular weight excluding hydrogens is 188 g/mol. The first-order valence-corrected chi connectivity index (χ1v) is 5.02. The van der Waals surface area contributed by atoms with E-state index in [1.54, 1.807) is 4.90 Å². The standard InChI is InChI=1S/C12H12N2O/c1-13-7-9-8-5-3-4-6-10(8)14(2)11(9)12(13)15/h3-6H,7H2,1-2H3. The fourth-order valence-electron chi connectivity index (χ4n) is 2.39. The first-order chi connectivity index (χ1) is 7.20. The Labute approximate surface area is 87.9 Å². The molecule has 0 atom stereocenters. The number of carbonyl (C=O) groups excluding carboxylic acids is 1. The number of hydrogen-bond acceptors (Lipinski definition) is 1. The van der Waals surface area contributed by atoms with Crippen molar-refractivity contribution < 1.29 is 4.79 Å². The maximum atomic E-state index is 11.9. The molecule has 0 radical (unpaired) electrons. The number of benzene rings is 1. The van der Waals surface area contributed by atoms with E-state index >= 15 is 0 Å². The van der Waals surface area contributed by atoms with Crippen LogP contribution in [0.1, 0.15) is 16.1 Å². The van der Waals surface area contributed by atoms with Crippen molar-refractivity contribution in [3.8, 4) is 0 Å². The molecule has 1 aliphatic rings. The highest BCUT2D eigenvalue weighted by atomic mass is 16.2. The van der Waals surface area contributed by atoms with Gasteiger partial charge in [-0.25, -0.2) is 0 Å². The zero-order valence-electron chi connectivity index (χ0n) is 8.82. The third-order valence-electron chi connectivity index (χ3n) is 3.16. The molecule has 2 aromatic rings. The van der Waals surface area contributed by atoms with Gasteiger partial charge in [0, 0.05) is 37.1 Å². The molecule has 0 unspecified atom stereocenters. The highest BCUT2D eigenvalue weighted by Gasteiger charge is 2.30. The van der Waals surface area contributed by atoms with Crippen molar-refractivity contribution in [3.05, 3.63) is 35.5 Å². The van der Waals surface area contributed by atoms with Crippen LogP contribution in [0, 0.1) is 0 Å². The number of aryl methyl sites for hydroxylation is 1. The Balaban J connectivity index is 2.43. The number of hydrogen-bond donors (Lipinski definition) is 0. The SMILES string of the molecule is CN1Cc2c(n(C)c3ccccc23)C1=O. The van der Waals surface area contributed by atoms with Gasteiger partial charge in [-0.3, -0.25) is 4.79 Å². The van der Waals surface area contributed by atoms with Crippen molar-refractivity contribution in [1.29, 1.82) is 0 Å². The van der Waals surface area contributed by atoms with Gasteiger partial charge in [0.1, 0.15) is 5.69 Å². The normalized spacial score (nSPS) is 15.1. The first kappa shape index (κ1) is 8.53. The smallest absolute Gasteiger partial charge is 0.270 e. The summed E-state index contributed by atoms with van der Waals surface area (Å²) < 4.78 is 2.00. The first-order valence-electron chi connectivity index (χ1n) is 5.02. The molecular formula is C12H12N2O. The molecule has 0 fully saturated rings. The molecule has 1 aromatic heterocycles. The molecule has 0 N–H and O–H groups in total. The van der Waals surface area contributed by atoms with Crippen LogP contribution in [0.15, 0.2) is 24.3 Å². The summed E-state index contributed by atoms with van der Waals surface area (Å²) >= 11 is 0. The van der Waals surface area contributed by atoms with Crippen LogP contribution in [-0.4, -0.2) is 22.4 Å². The fourth-order valence-corrected chi connectivity index (χ4v) is 2.39. The minimum Gasteiger partial charge on any atom is -0.339 e. The van der Waals surface area contributed by atoms with Crippen molar-refractivity contribution >= 4 is 16.8 Å². The zero-order chi connectivity index (χ0) is 10.6. The second-order valence-corrected chi connectivity index (χ2v) is 4.06. The highest BCUT2D eigenvalue weighted by molar-refractivity contribution is 6.04. The summed E-state index contributed by atoms with van der Waals surface area (Å²) in [6.07, 6.45) is 0. The molecule has 1 amide bonds. The van der Waals surface area contributed by atoms with Gasteiger partial charge in [-0.1, -0.05) is 18.2 Å². The Kier molecular flexibility index (Phi) is 1.49. The Morgan fingerprint density at radius 3 is 2.73 bits per heavy atom. The number of carbonyl (C=O) groups is 1. The van der Waals surface area contributed by atoms with Gasteiger partial charge in [0.05, 0.1) is 0 Å². The van der Waals surface area contributed by atoms with E-state index in [-0.39, 0.29) is 5.91 Å². The van der Waals surface area contributed by atoms with Crippen molar-refractivity contribution in [2.45, 2.75) is 6.54 Å². The van der Waals surface area contributed by atoms with Crippen molar-refractivity contribution in [2.24, 2.45) is 7.05 Å². The van der Waals surface area contributed by atoms with E-state index in [4.69, 9.17) is 0 Å². The lowest BCUT2D eigenvalue weighted by atomic mass is 10.1. The van der Waals surface area contributed by atoms with Crippen molar-refractivity contribution in [2.75, 3.05) is 7.05 Å². The van der Waals surface area contributed by atoms with Crippen LogP contribution in [0.3, 0.4) is 0 Å². The Morgan fingerprint density at radius 1 is 1.20 bits per heavy atom. The lowest BCUT2D eigenvalue weighted by Gasteiger charge is -2.08. The minimum atomic E-state index is 0.128. The third kappa shape index (κ3) is 0.923. The van der Waals surface area contributed by atoms with E-state index in [0.29, 0.717) is 0 Å². The molecule has 0 bridgehead atoms. The van der Waals surface area contributed by atoms with Crippen molar-refractivity contribution in [3.63, 3.8) is 0 Å². The summed E-state index contributed by atoms with van der Waals surface area (Å²) in [6.45, 7) is 0.732. The molecule has 3 heteroatoms. The summed E-state index contributed by atoms with van der Waals surface area (Å²) in [5.74, 6) is 0.128. The molecule has 1 aromatic carbocycles. The van der Waals surface area contributed by atoms with Crippen LogP contribution >= 0.6 is 0 Å². The quantitative estimate of drug-likeness (QED) is 0.636. The average molecular weight is 200 g/mol. The molecule has 0 saturated carbocycles. The van der Waals surface area contributed by atoms with E-state index in [1.165, 1.54) is 10.9 Å². The van der Waals surface area contributed by atoms with E-state index in [9.17, 15) is 4.79 Å². The second kappa shape index (κ2) is 2.63. The predicted octanol–water partition coefficient (Wildman–Crippen LogP) is 1.76. The highest BCUT2D eigenvalue weighted by Crippen LogP contribution is 2.31. The fraction of sp³-hybridized carbons (Fsp3) is 0.250. The van der Waals surface area contributed by atoms with E-state index in [0.717, 1.165) is 17.8 Å². The summed E-state index contributed by atoms with van der Waals surface area (Å²) in [5, 5.41) is 1.20. The lowest BCUT2D eigenvalue weighted by molar-refractivity contribution is 0.0809. The van der Waals surface area contributed by atoms with Gasteiger partial charge >= 0.3 is 0 Å². The van der Waals surface area contributed by atoms with Crippen LogP contribution in [0.25, 0.3) is 10.9 Å². The number of para-hydroxylation sites is 1. The summed E-state index contributed by atoms with van der Waals surface area (Å²) in [4.78, 5) is 13.7. The van der Waals surface area contributed by atoms with Crippen LogP contribution in [-0.2, 0) is 13.6 Å². The second-order valence-electron chi connectivity index (χ2n) is 4.06. The summed E-state index contributed by atoms with van der Waals surface area (Å²) in [5.41, 5.74) is 3.16. The maximum Gasteiger partial charge on any atom is 0.270 e. The third-order valence-corrected chi connectivity index (χ3v) is 3.16. The Hall–Kier alpha value is -1.77. The molecule has 3 nitrogen and oxygen atoms in total. The topological polar surface area (TPSA) is 25.2 Å². The number of rotatable bonds is 0. The molecule has 3 rings (SSSR count). The summed E-state index contributed by atoms with van der Waals surface area (Å²) in [7, 11) is 3.80. The van der Waals surface area contributed by atoms with Gasteiger partial charge in [0.25, 0.3) is 5.91 Å². The number of amides is 1. The van der Waals surface area contributed by atoms with Gasteiger partial charge in [-0.05, 0) is 6.07 Å². The molecule has 0 aliphatic carbocycles. The van der Waals surface area contributed by atoms with E-state index in [2.05, 4.69) is 12.1 Å². The molecule has 0 spiro atoms. The van der Waals surface area contributed by atoms with E-state index in [1.807, 2.05) is 30.8 Å². The number of aromatic nitrogens is 1. The van der Waals surface area contributed by atoms with Crippen LogP contribution in [0.5, 0.6) is 0 Å². The van der Waals surface area contributed by atoms with Gasteiger partial charge in [0.2, 0.25) is 0 Å². The molecule has 0 saturated heterocycles. The molecule has 15 heavy (non-hydrogen) atoms. The van der Waals surface area contributed by atoms with Crippen LogP contribution in [0.2, 0.25) is 0 Å². The van der Waals surface area contributed by atoms with Gasteiger partial charge in [-0.15, -0.1) is 0 Å². The lowest BCUT2D eigenvalue weighted by Crippen LogP contribution is -2.20. The molecule has 76 valence electrons. The number of fused-ring (bicyclic) bond motifs is 3. The average Bonchev–Trinajstić information content (AvgIpc) is 2.68. The predicted molar refractivity (Wildman–Crippen MR) is 58.7 cm³/mol. The molecule has 2 heterocycles. The van der Waals surface area contributed by atoms with Gasteiger partial charge in [-0.2, -0.15) is 0 Å². The van der Waals surface area contributed by atoms with Gasteiger partial charge in [0.15, 0.2) is 0 Å². The largest absolute Gasteiger partial charge is 0.339 e. The molecule has 1 aliphatic heterocycles. The maximum absolute atomic E-state index is 11.9. The van der Waals surface area contributed by atoms with Crippen LogP contribution < -0.4 is 0 Å². The monoisotopic (exact) mass is 200 g/mol. The van der Waals surface area contributed by atoms with E-state index < -0.39 is 0 Å².